The molecule has 0 amide bonds. The summed E-state index contributed by atoms with van der Waals surface area (Å²) in [7, 11) is -9.89. The topological polar surface area (TPSA) is 237 Å². The summed E-state index contributed by atoms with van der Waals surface area (Å²) in [6, 6.07) is 0. The van der Waals surface area contributed by atoms with Crippen molar-refractivity contribution in [3.63, 3.8) is 0 Å². The van der Waals surface area contributed by atoms with Gasteiger partial charge in [0.15, 0.2) is 12.2 Å². The minimum absolute atomic E-state index is 0.106. The average molecular weight is 1270 g/mol. The fourth-order valence-electron chi connectivity index (χ4n) is 10.1. The van der Waals surface area contributed by atoms with Gasteiger partial charge in [0.25, 0.3) is 0 Å². The Bertz CT molecular complexity index is 1670. The van der Waals surface area contributed by atoms with Crippen molar-refractivity contribution < 1.29 is 80.2 Å². The van der Waals surface area contributed by atoms with E-state index in [0.717, 1.165) is 95.8 Å². The standard InChI is InChI=1S/C67H130O17P2/c1-6-9-12-15-18-21-22-27-32-36-41-46-51-65(70)78-57-63(84-67(72)53-48-43-38-33-28-25-23-24-26-31-34-39-44-49-60(4)5)59-82-86(75,76)80-55-61(68)54-79-85(73,74)81-58-62(83-66(71)52-47-42-37-30-20-17-14-11-8-3)56-77-64(69)50-45-40-35-29-19-16-13-10-7-2/h60-63,68H,6-59H2,1-5H3,(H,73,74)(H,75,76)/t61-,62+,63+/m0/s1. The Balaban J connectivity index is 5.21. The highest BCUT2D eigenvalue weighted by atomic mass is 31.2. The molecule has 0 aromatic rings. The number of hydrogen-bond acceptors (Lipinski definition) is 15. The second-order valence-electron chi connectivity index (χ2n) is 24.7. The van der Waals surface area contributed by atoms with Gasteiger partial charge in [-0.25, -0.2) is 9.13 Å². The predicted octanol–water partition coefficient (Wildman–Crippen LogP) is 19.0. The van der Waals surface area contributed by atoms with Gasteiger partial charge in [0.2, 0.25) is 0 Å². The summed E-state index contributed by atoms with van der Waals surface area (Å²) in [5.74, 6) is -1.34. The molecule has 0 saturated carbocycles. The molecule has 17 nitrogen and oxygen atoms in total. The van der Waals surface area contributed by atoms with Gasteiger partial charge in [-0.1, -0.05) is 291 Å². The number of aliphatic hydroxyl groups is 1. The lowest BCUT2D eigenvalue weighted by molar-refractivity contribution is -0.161. The van der Waals surface area contributed by atoms with Gasteiger partial charge in [0, 0.05) is 25.7 Å². The summed E-state index contributed by atoms with van der Waals surface area (Å²) in [6.07, 6.45) is 45.7. The van der Waals surface area contributed by atoms with Crippen molar-refractivity contribution in [3.8, 4) is 0 Å². The lowest BCUT2D eigenvalue weighted by atomic mass is 10.0. The Morgan fingerprint density at radius 2 is 0.535 bits per heavy atom. The highest BCUT2D eigenvalue weighted by Crippen LogP contribution is 2.45. The Kier molecular flexibility index (Phi) is 59.2. The Labute approximate surface area is 524 Å². The van der Waals surface area contributed by atoms with Crippen LogP contribution in [0.15, 0.2) is 0 Å². The quantitative estimate of drug-likeness (QED) is 0.0222. The van der Waals surface area contributed by atoms with Crippen LogP contribution in [0.2, 0.25) is 0 Å². The van der Waals surface area contributed by atoms with Gasteiger partial charge in [-0.05, 0) is 31.6 Å². The van der Waals surface area contributed by atoms with Crippen molar-refractivity contribution in [1.82, 2.24) is 0 Å². The smallest absolute Gasteiger partial charge is 0.462 e. The first-order valence-electron chi connectivity index (χ1n) is 35.1. The van der Waals surface area contributed by atoms with Gasteiger partial charge < -0.3 is 33.8 Å². The van der Waals surface area contributed by atoms with E-state index in [1.807, 2.05) is 0 Å². The highest BCUT2D eigenvalue weighted by Gasteiger charge is 2.30. The molecule has 0 aliphatic carbocycles. The molecule has 3 N–H and O–H groups in total. The van der Waals surface area contributed by atoms with Gasteiger partial charge in [0.05, 0.1) is 26.4 Å². The molecule has 19 heteroatoms. The number of unbranched alkanes of at least 4 members (excludes halogenated alkanes) is 39. The second-order valence-corrected chi connectivity index (χ2v) is 27.6. The van der Waals surface area contributed by atoms with E-state index in [9.17, 15) is 43.2 Å². The maximum Gasteiger partial charge on any atom is 0.472 e. The molecule has 0 bridgehead atoms. The molecule has 86 heavy (non-hydrogen) atoms. The molecular formula is C67H130O17P2. The monoisotopic (exact) mass is 1270 g/mol. The number of carbonyl (C=O) groups is 4. The first kappa shape index (κ1) is 84.1. The predicted molar refractivity (Wildman–Crippen MR) is 345 cm³/mol. The third-order valence-corrected chi connectivity index (χ3v) is 17.4. The van der Waals surface area contributed by atoms with E-state index in [2.05, 4.69) is 34.6 Å². The molecule has 2 unspecified atom stereocenters. The first-order valence-corrected chi connectivity index (χ1v) is 38.1. The summed E-state index contributed by atoms with van der Waals surface area (Å²) in [5, 5.41) is 10.5. The molecule has 0 radical (unpaired) electrons. The van der Waals surface area contributed by atoms with Crippen LogP contribution in [-0.4, -0.2) is 96.7 Å². The van der Waals surface area contributed by atoms with Gasteiger partial charge in [0.1, 0.15) is 19.3 Å². The van der Waals surface area contributed by atoms with Crippen LogP contribution < -0.4 is 0 Å². The number of esters is 4. The zero-order chi connectivity index (χ0) is 63.5. The molecule has 0 aromatic carbocycles. The summed E-state index contributed by atoms with van der Waals surface area (Å²) < 4.78 is 68.1. The van der Waals surface area contributed by atoms with Crippen molar-refractivity contribution in [2.75, 3.05) is 39.6 Å². The number of phosphoric ester groups is 2. The minimum atomic E-state index is -4.95. The third kappa shape index (κ3) is 60.9. The number of hydrogen-bond donors (Lipinski definition) is 3. The number of ether oxygens (including phenoxy) is 4. The van der Waals surface area contributed by atoms with Crippen LogP contribution in [0, 0.1) is 5.92 Å². The van der Waals surface area contributed by atoms with Crippen LogP contribution in [0.4, 0.5) is 0 Å². The molecule has 0 aliphatic heterocycles. The summed E-state index contributed by atoms with van der Waals surface area (Å²) in [5.41, 5.74) is 0. The number of phosphoric acid groups is 2. The van der Waals surface area contributed by atoms with E-state index < -0.39 is 97.5 Å². The minimum Gasteiger partial charge on any atom is -0.462 e. The van der Waals surface area contributed by atoms with Crippen LogP contribution >= 0.6 is 15.6 Å². The van der Waals surface area contributed by atoms with Gasteiger partial charge >= 0.3 is 39.5 Å². The van der Waals surface area contributed by atoms with E-state index in [4.69, 9.17) is 37.0 Å². The third-order valence-electron chi connectivity index (χ3n) is 15.5. The van der Waals surface area contributed by atoms with E-state index in [0.29, 0.717) is 25.7 Å². The summed E-state index contributed by atoms with van der Waals surface area (Å²) >= 11 is 0. The molecule has 0 spiro atoms. The van der Waals surface area contributed by atoms with E-state index in [-0.39, 0.29) is 25.7 Å². The molecule has 0 heterocycles. The van der Waals surface area contributed by atoms with Crippen molar-refractivity contribution in [1.29, 1.82) is 0 Å². The molecule has 0 saturated heterocycles. The Morgan fingerprint density at radius 1 is 0.314 bits per heavy atom. The van der Waals surface area contributed by atoms with Crippen molar-refractivity contribution in [2.24, 2.45) is 5.92 Å². The lowest BCUT2D eigenvalue weighted by Gasteiger charge is -2.21. The normalized spacial score (nSPS) is 14.2. The largest absolute Gasteiger partial charge is 0.472 e. The number of aliphatic hydroxyl groups excluding tert-OH is 1. The fourth-order valence-corrected chi connectivity index (χ4v) is 11.7. The van der Waals surface area contributed by atoms with Gasteiger partial charge in [-0.15, -0.1) is 0 Å². The van der Waals surface area contributed by atoms with Crippen LogP contribution in [0.25, 0.3) is 0 Å². The molecule has 5 atom stereocenters. The summed E-state index contributed by atoms with van der Waals surface area (Å²) in [4.78, 5) is 72.3. The molecular weight excluding hydrogens is 1140 g/mol. The highest BCUT2D eigenvalue weighted by molar-refractivity contribution is 7.47. The summed E-state index contributed by atoms with van der Waals surface area (Å²) in [6.45, 7) is 7.21. The van der Waals surface area contributed by atoms with Crippen molar-refractivity contribution in [3.05, 3.63) is 0 Å². The molecule has 0 aromatic heterocycles. The Hall–Kier alpha value is -1.94. The van der Waals surface area contributed by atoms with Crippen LogP contribution in [0.3, 0.4) is 0 Å². The van der Waals surface area contributed by atoms with Crippen LogP contribution in [0.1, 0.15) is 343 Å². The van der Waals surface area contributed by atoms with Crippen molar-refractivity contribution >= 4 is 39.5 Å². The maximum atomic E-state index is 13.0. The maximum absolute atomic E-state index is 13.0. The molecule has 510 valence electrons. The van der Waals surface area contributed by atoms with E-state index >= 15 is 0 Å². The van der Waals surface area contributed by atoms with E-state index in [1.54, 1.807) is 0 Å². The SMILES string of the molecule is CCCCCCCCCCCCCCC(=O)OC[C@H](COP(=O)(O)OC[C@@H](O)COP(=O)(O)OC[C@@H](COC(=O)CCCCCCCCCCC)OC(=O)CCCCCCCCCCC)OC(=O)CCCCCCCCCCCCCCCC(C)C. The van der Waals surface area contributed by atoms with Gasteiger partial charge in [-0.2, -0.15) is 0 Å². The Morgan fingerprint density at radius 3 is 0.791 bits per heavy atom. The lowest BCUT2D eigenvalue weighted by Crippen LogP contribution is -2.30. The zero-order valence-electron chi connectivity index (χ0n) is 55.4. The number of rotatable bonds is 67. The number of carbonyl (C=O) groups excluding carboxylic acids is 4. The van der Waals surface area contributed by atoms with Crippen molar-refractivity contribution in [2.45, 2.75) is 361 Å². The molecule has 0 rings (SSSR count). The van der Waals surface area contributed by atoms with Crippen LogP contribution in [-0.2, 0) is 65.4 Å². The fraction of sp³-hybridized carbons (Fsp3) is 0.940. The zero-order valence-corrected chi connectivity index (χ0v) is 57.2. The van der Waals surface area contributed by atoms with Crippen LogP contribution in [0.5, 0.6) is 0 Å². The molecule has 0 aliphatic rings. The first-order chi connectivity index (χ1) is 41.5. The average Bonchev–Trinajstić information content (AvgIpc) is 3.68. The van der Waals surface area contributed by atoms with Gasteiger partial charge in [-0.3, -0.25) is 37.3 Å². The molecule has 0 fully saturated rings. The van der Waals surface area contributed by atoms with E-state index in [1.165, 1.54) is 167 Å². The second kappa shape index (κ2) is 60.6.